The summed E-state index contributed by atoms with van der Waals surface area (Å²) in [5.74, 6) is -0.747. The molecule has 0 saturated carbocycles. The van der Waals surface area contributed by atoms with E-state index in [2.05, 4.69) is 0 Å². The second-order valence-corrected chi connectivity index (χ2v) is 5.68. The molecule has 1 aromatic carbocycles. The number of aromatic hydroxyl groups is 1. The van der Waals surface area contributed by atoms with E-state index in [1.807, 2.05) is 4.72 Å². The molecule has 0 aliphatic carbocycles. The van der Waals surface area contributed by atoms with Crippen LogP contribution in [0.4, 0.5) is 5.69 Å². The second kappa shape index (κ2) is 4.20. The monoisotopic (exact) mass is 294 g/mol. The SMILES string of the molecule is O=S1(=O)NC(O)=CN1c1ccc(-c2ccoc2)cc1O. The van der Waals surface area contributed by atoms with E-state index in [0.717, 1.165) is 16.1 Å². The lowest BCUT2D eigenvalue weighted by Crippen LogP contribution is -2.29. The molecule has 104 valence electrons. The first kappa shape index (κ1) is 12.4. The van der Waals surface area contributed by atoms with Crippen LogP contribution in [0.2, 0.25) is 0 Å². The first-order chi connectivity index (χ1) is 9.47. The van der Waals surface area contributed by atoms with Crippen molar-refractivity contribution in [2.75, 3.05) is 4.31 Å². The highest BCUT2D eigenvalue weighted by atomic mass is 32.2. The summed E-state index contributed by atoms with van der Waals surface area (Å²) < 4.78 is 31.0. The predicted molar refractivity (Wildman–Crippen MR) is 71.1 cm³/mol. The summed E-state index contributed by atoms with van der Waals surface area (Å²) in [5, 5.41) is 19.2. The molecule has 0 fully saturated rings. The van der Waals surface area contributed by atoms with Crippen molar-refractivity contribution >= 4 is 15.9 Å². The third kappa shape index (κ3) is 1.95. The van der Waals surface area contributed by atoms with Crippen molar-refractivity contribution in [3.05, 3.63) is 48.9 Å². The van der Waals surface area contributed by atoms with Gasteiger partial charge in [-0.2, -0.15) is 8.42 Å². The summed E-state index contributed by atoms with van der Waals surface area (Å²) in [5.41, 5.74) is 1.47. The van der Waals surface area contributed by atoms with E-state index in [-0.39, 0.29) is 11.4 Å². The van der Waals surface area contributed by atoms with Crippen LogP contribution in [0.1, 0.15) is 0 Å². The van der Waals surface area contributed by atoms with Gasteiger partial charge in [-0.05, 0) is 23.8 Å². The molecule has 0 unspecified atom stereocenters. The molecule has 3 N–H and O–H groups in total. The Hall–Kier alpha value is -2.61. The third-order valence-corrected chi connectivity index (χ3v) is 4.09. The highest BCUT2D eigenvalue weighted by Crippen LogP contribution is 2.35. The molecule has 1 aliphatic rings. The highest BCUT2D eigenvalue weighted by molar-refractivity contribution is 7.91. The van der Waals surface area contributed by atoms with Gasteiger partial charge in [0.2, 0.25) is 5.88 Å². The quantitative estimate of drug-likeness (QED) is 0.781. The van der Waals surface area contributed by atoms with Crippen LogP contribution in [-0.4, -0.2) is 18.6 Å². The van der Waals surface area contributed by atoms with Crippen LogP contribution in [0.5, 0.6) is 5.75 Å². The third-order valence-electron chi connectivity index (χ3n) is 2.80. The van der Waals surface area contributed by atoms with Crippen molar-refractivity contribution in [2.45, 2.75) is 0 Å². The maximum absolute atomic E-state index is 11.7. The molecule has 0 radical (unpaired) electrons. The average molecular weight is 294 g/mol. The van der Waals surface area contributed by atoms with E-state index in [4.69, 9.17) is 4.42 Å². The number of nitrogens with zero attached hydrogens (tertiary/aromatic N) is 1. The molecule has 8 heteroatoms. The van der Waals surface area contributed by atoms with E-state index in [0.29, 0.717) is 5.56 Å². The Morgan fingerprint density at radius 3 is 2.50 bits per heavy atom. The molecular weight excluding hydrogens is 284 g/mol. The van der Waals surface area contributed by atoms with Gasteiger partial charge in [0, 0.05) is 5.56 Å². The van der Waals surface area contributed by atoms with Crippen LogP contribution in [-0.2, 0) is 10.2 Å². The van der Waals surface area contributed by atoms with E-state index >= 15 is 0 Å². The van der Waals surface area contributed by atoms with Gasteiger partial charge in [0.05, 0.1) is 18.7 Å². The molecule has 2 heterocycles. The number of hydrogen-bond donors (Lipinski definition) is 3. The number of anilines is 1. The fourth-order valence-corrected chi connectivity index (χ4v) is 2.97. The van der Waals surface area contributed by atoms with Gasteiger partial charge in [0.15, 0.2) is 0 Å². The largest absolute Gasteiger partial charge is 0.506 e. The minimum atomic E-state index is -3.92. The number of phenolic OH excluding ortho intramolecular Hbond substituents is 1. The fraction of sp³-hybridized carbons (Fsp3) is 0. The number of rotatable bonds is 2. The summed E-state index contributed by atoms with van der Waals surface area (Å²) in [6.45, 7) is 0. The van der Waals surface area contributed by atoms with Crippen LogP contribution in [0, 0.1) is 0 Å². The molecule has 1 aliphatic heterocycles. The van der Waals surface area contributed by atoms with Crippen molar-refractivity contribution in [3.8, 4) is 16.9 Å². The van der Waals surface area contributed by atoms with Gasteiger partial charge in [-0.15, -0.1) is 0 Å². The van der Waals surface area contributed by atoms with Crippen LogP contribution in [0.3, 0.4) is 0 Å². The fourth-order valence-electron chi connectivity index (χ4n) is 1.91. The predicted octanol–water partition coefficient (Wildman–Crippen LogP) is 1.66. The van der Waals surface area contributed by atoms with E-state index in [9.17, 15) is 18.6 Å². The Morgan fingerprint density at radius 2 is 1.95 bits per heavy atom. The number of aliphatic hydroxyl groups is 1. The molecule has 0 atom stereocenters. The van der Waals surface area contributed by atoms with Gasteiger partial charge in [-0.3, -0.25) is 0 Å². The molecule has 3 rings (SSSR count). The second-order valence-electron chi connectivity index (χ2n) is 4.13. The van der Waals surface area contributed by atoms with Crippen LogP contribution in [0.25, 0.3) is 11.1 Å². The van der Waals surface area contributed by atoms with Crippen LogP contribution < -0.4 is 9.03 Å². The van der Waals surface area contributed by atoms with Gasteiger partial charge in [0.1, 0.15) is 11.4 Å². The Bertz CT molecular complexity index is 780. The van der Waals surface area contributed by atoms with Gasteiger partial charge >= 0.3 is 10.2 Å². The molecular formula is C12H10N2O5S. The maximum Gasteiger partial charge on any atom is 0.330 e. The molecule has 20 heavy (non-hydrogen) atoms. The van der Waals surface area contributed by atoms with Crippen molar-refractivity contribution in [3.63, 3.8) is 0 Å². The zero-order chi connectivity index (χ0) is 14.3. The standard InChI is InChI=1S/C12H10N2O5S/c15-11-5-8(9-3-4-19-7-9)1-2-10(11)14-6-12(16)13-20(14,17)18/h1-7,13,15-16H. The number of aliphatic hydroxyl groups excluding tert-OH is 1. The minimum absolute atomic E-state index is 0.0359. The zero-order valence-corrected chi connectivity index (χ0v) is 10.8. The van der Waals surface area contributed by atoms with Gasteiger partial charge in [-0.1, -0.05) is 6.07 Å². The summed E-state index contributed by atoms with van der Waals surface area (Å²) in [6.07, 6.45) is 3.98. The molecule has 0 amide bonds. The maximum atomic E-state index is 11.7. The van der Waals surface area contributed by atoms with Crippen LogP contribution >= 0.6 is 0 Å². The van der Waals surface area contributed by atoms with E-state index in [1.165, 1.54) is 24.7 Å². The number of phenols is 1. The topological polar surface area (TPSA) is 103 Å². The molecule has 1 aromatic heterocycles. The Kier molecular flexibility index (Phi) is 2.61. The summed E-state index contributed by atoms with van der Waals surface area (Å²) in [4.78, 5) is 0. The Balaban J connectivity index is 2.05. The molecule has 2 aromatic rings. The molecule has 0 spiro atoms. The first-order valence-corrected chi connectivity index (χ1v) is 7.00. The zero-order valence-electron chi connectivity index (χ0n) is 10.0. The normalized spacial score (nSPS) is 16.8. The Labute approximate surface area is 114 Å². The lowest BCUT2D eigenvalue weighted by atomic mass is 10.1. The van der Waals surface area contributed by atoms with Gasteiger partial charge < -0.3 is 14.6 Å². The molecule has 0 bridgehead atoms. The summed E-state index contributed by atoms with van der Waals surface area (Å²) >= 11 is 0. The van der Waals surface area contributed by atoms with Crippen molar-refractivity contribution < 1.29 is 23.0 Å². The highest BCUT2D eigenvalue weighted by Gasteiger charge is 2.30. The van der Waals surface area contributed by atoms with E-state index in [1.54, 1.807) is 12.1 Å². The van der Waals surface area contributed by atoms with Gasteiger partial charge in [-0.25, -0.2) is 9.03 Å². The molecule has 7 nitrogen and oxygen atoms in total. The number of nitrogens with one attached hydrogen (secondary N) is 1. The minimum Gasteiger partial charge on any atom is -0.506 e. The van der Waals surface area contributed by atoms with E-state index < -0.39 is 16.1 Å². The summed E-state index contributed by atoms with van der Waals surface area (Å²) in [7, 11) is -3.92. The number of hydrogen-bond acceptors (Lipinski definition) is 5. The number of furan rings is 1. The molecule has 0 saturated heterocycles. The van der Waals surface area contributed by atoms with Crippen molar-refractivity contribution in [2.24, 2.45) is 0 Å². The lowest BCUT2D eigenvalue weighted by molar-refractivity contribution is 0.392. The van der Waals surface area contributed by atoms with Gasteiger partial charge in [0.25, 0.3) is 0 Å². The van der Waals surface area contributed by atoms with Crippen molar-refractivity contribution in [1.29, 1.82) is 0 Å². The smallest absolute Gasteiger partial charge is 0.330 e. The average Bonchev–Trinajstić information content (AvgIpc) is 2.97. The summed E-state index contributed by atoms with van der Waals surface area (Å²) in [6, 6.07) is 6.21. The lowest BCUT2D eigenvalue weighted by Gasteiger charge is -2.15. The first-order valence-electron chi connectivity index (χ1n) is 5.56. The van der Waals surface area contributed by atoms with Crippen molar-refractivity contribution in [1.82, 2.24) is 4.72 Å². The van der Waals surface area contributed by atoms with Crippen LogP contribution in [0.15, 0.2) is 53.3 Å². The number of benzene rings is 1. The Morgan fingerprint density at radius 1 is 1.15 bits per heavy atom.